The molecule has 1 aliphatic heterocycles. The van der Waals surface area contributed by atoms with Crippen molar-refractivity contribution in [1.29, 1.82) is 0 Å². The minimum Gasteiger partial charge on any atom is -0.346 e. The molecule has 1 aliphatic rings. The van der Waals surface area contributed by atoms with E-state index in [0.717, 1.165) is 29.8 Å². The average molecular weight is 417 g/mol. The number of carbonyl (C=O) groups excluding carboxylic acids is 1. The molecule has 0 spiro atoms. The lowest BCUT2D eigenvalue weighted by Crippen LogP contribution is -2.28. The van der Waals surface area contributed by atoms with E-state index < -0.39 is 15.9 Å². The number of hydrogen-bond acceptors (Lipinski definition) is 4. The number of aryl methyl sites for hydroxylation is 1. The van der Waals surface area contributed by atoms with Crippen LogP contribution in [0.2, 0.25) is 0 Å². The molecule has 2 heterocycles. The second-order valence-electron chi connectivity index (χ2n) is 7.63. The number of benzene rings is 1. The normalized spacial score (nSPS) is 15.5. The lowest BCUT2D eigenvalue weighted by atomic mass is 10.2. The Hall–Kier alpha value is -2.45. The monoisotopic (exact) mass is 416 g/mol. The van der Waals surface area contributed by atoms with E-state index in [1.165, 1.54) is 16.4 Å². The van der Waals surface area contributed by atoms with E-state index >= 15 is 0 Å². The molecule has 0 saturated carbocycles. The molecule has 0 atom stereocenters. The highest BCUT2D eigenvalue weighted by Gasteiger charge is 2.27. The number of hydrogen-bond donors (Lipinski definition) is 1. The molecule has 1 amide bonds. The van der Waals surface area contributed by atoms with E-state index in [2.05, 4.69) is 28.9 Å². The molecule has 3 rings (SSSR count). The smallest absolute Gasteiger partial charge is 0.271 e. The fraction of sp³-hybridized carbons (Fsp3) is 0.429. The summed E-state index contributed by atoms with van der Waals surface area (Å²) in [6.45, 7) is 9.34. The zero-order chi connectivity index (χ0) is 21.2. The van der Waals surface area contributed by atoms with Gasteiger partial charge in [0.05, 0.1) is 11.1 Å². The molecule has 1 aromatic carbocycles. The van der Waals surface area contributed by atoms with Gasteiger partial charge >= 0.3 is 0 Å². The molecule has 0 radical (unpaired) electrons. The first kappa shape index (κ1) is 21.3. The third-order valence-electron chi connectivity index (χ3n) is 5.21. The van der Waals surface area contributed by atoms with Gasteiger partial charge in [-0.15, -0.1) is 0 Å². The van der Waals surface area contributed by atoms with Crippen LogP contribution in [-0.4, -0.2) is 42.5 Å². The summed E-state index contributed by atoms with van der Waals surface area (Å²) in [6.07, 6.45) is 3.35. The van der Waals surface area contributed by atoms with Gasteiger partial charge in [0.15, 0.2) is 0 Å². The number of amides is 1. The molecule has 1 N–H and O–H groups in total. The Balaban J connectivity index is 1.74. The highest BCUT2D eigenvalue weighted by atomic mass is 32.2. The van der Waals surface area contributed by atoms with Crippen LogP contribution in [0.1, 0.15) is 60.0 Å². The van der Waals surface area contributed by atoms with Gasteiger partial charge in [0.2, 0.25) is 10.0 Å². The van der Waals surface area contributed by atoms with Gasteiger partial charge < -0.3 is 4.57 Å². The van der Waals surface area contributed by atoms with Gasteiger partial charge in [0.25, 0.3) is 5.91 Å². The van der Waals surface area contributed by atoms with Crippen molar-refractivity contribution in [3.8, 4) is 0 Å². The van der Waals surface area contributed by atoms with E-state index in [4.69, 9.17) is 0 Å². The number of carbonyl (C=O) groups is 1. The first-order chi connectivity index (χ1) is 13.7. The van der Waals surface area contributed by atoms with Crippen molar-refractivity contribution in [1.82, 2.24) is 14.3 Å². The molecule has 1 fully saturated rings. The van der Waals surface area contributed by atoms with Gasteiger partial charge in [0, 0.05) is 41.6 Å². The maximum absolute atomic E-state index is 12.7. The van der Waals surface area contributed by atoms with Crippen molar-refractivity contribution in [2.45, 2.75) is 51.5 Å². The zero-order valence-corrected chi connectivity index (χ0v) is 18.2. The van der Waals surface area contributed by atoms with Crippen molar-refractivity contribution < 1.29 is 13.2 Å². The molecular formula is C21H28N4O3S. The summed E-state index contributed by atoms with van der Waals surface area (Å²) in [7, 11) is -3.56. The highest BCUT2D eigenvalue weighted by molar-refractivity contribution is 7.89. The molecule has 156 valence electrons. The number of nitrogens with one attached hydrogen (secondary N) is 1. The first-order valence-corrected chi connectivity index (χ1v) is 11.3. The zero-order valence-electron chi connectivity index (χ0n) is 17.3. The number of rotatable bonds is 6. The van der Waals surface area contributed by atoms with Crippen molar-refractivity contribution in [2.24, 2.45) is 5.10 Å². The summed E-state index contributed by atoms with van der Waals surface area (Å²) in [5.74, 6) is -0.447. The quantitative estimate of drug-likeness (QED) is 0.580. The Morgan fingerprint density at radius 3 is 2.48 bits per heavy atom. The Labute approximate surface area is 172 Å². The Morgan fingerprint density at radius 1 is 1.17 bits per heavy atom. The standard InChI is InChI=1S/C21H28N4O3S/c1-15(2)25-16(3)12-19(17(25)4)14-22-23-21(26)18-8-7-9-20(13-18)29(27,28)24-10-5-6-11-24/h7-9,12-15H,5-6,10-11H2,1-4H3,(H,23,26)/b22-14-. The summed E-state index contributed by atoms with van der Waals surface area (Å²) in [6, 6.07) is 8.45. The van der Waals surface area contributed by atoms with Crippen LogP contribution in [0.15, 0.2) is 40.3 Å². The number of sulfonamides is 1. The largest absolute Gasteiger partial charge is 0.346 e. The Morgan fingerprint density at radius 2 is 1.86 bits per heavy atom. The summed E-state index contributed by atoms with van der Waals surface area (Å²) < 4.78 is 29.1. The van der Waals surface area contributed by atoms with Gasteiger partial charge in [-0.3, -0.25) is 4.79 Å². The van der Waals surface area contributed by atoms with Gasteiger partial charge in [-0.05, 0) is 64.8 Å². The minimum absolute atomic E-state index is 0.136. The molecule has 29 heavy (non-hydrogen) atoms. The van der Waals surface area contributed by atoms with Crippen LogP contribution in [0.4, 0.5) is 0 Å². The molecule has 1 aromatic heterocycles. The van der Waals surface area contributed by atoms with Crippen molar-refractivity contribution in [3.63, 3.8) is 0 Å². The summed E-state index contributed by atoms with van der Waals surface area (Å²) in [5, 5.41) is 4.06. The Kier molecular flexibility index (Phi) is 6.24. The summed E-state index contributed by atoms with van der Waals surface area (Å²) >= 11 is 0. The molecule has 7 nitrogen and oxygen atoms in total. The third-order valence-corrected chi connectivity index (χ3v) is 7.10. The molecule has 0 unspecified atom stereocenters. The molecule has 2 aromatic rings. The van der Waals surface area contributed by atoms with Crippen LogP contribution in [0.3, 0.4) is 0 Å². The molecule has 0 bridgehead atoms. The summed E-state index contributed by atoms with van der Waals surface area (Å²) in [4.78, 5) is 12.6. The molecular weight excluding hydrogens is 388 g/mol. The van der Waals surface area contributed by atoms with Crippen LogP contribution in [0, 0.1) is 13.8 Å². The lowest BCUT2D eigenvalue weighted by Gasteiger charge is -2.15. The van der Waals surface area contributed by atoms with E-state index in [9.17, 15) is 13.2 Å². The van der Waals surface area contributed by atoms with Crippen LogP contribution in [0.5, 0.6) is 0 Å². The summed E-state index contributed by atoms with van der Waals surface area (Å²) in [5.41, 5.74) is 5.89. The second-order valence-corrected chi connectivity index (χ2v) is 9.57. The fourth-order valence-corrected chi connectivity index (χ4v) is 5.39. The molecule has 1 saturated heterocycles. The fourth-order valence-electron chi connectivity index (χ4n) is 3.83. The first-order valence-electron chi connectivity index (χ1n) is 9.84. The van der Waals surface area contributed by atoms with Crippen LogP contribution >= 0.6 is 0 Å². The SMILES string of the molecule is Cc1cc(/C=N\NC(=O)c2cccc(S(=O)(=O)N3CCCC3)c2)c(C)n1C(C)C. The van der Waals surface area contributed by atoms with Crippen LogP contribution in [0.25, 0.3) is 0 Å². The van der Waals surface area contributed by atoms with Crippen molar-refractivity contribution in [3.05, 3.63) is 52.8 Å². The number of nitrogens with zero attached hydrogens (tertiary/aromatic N) is 3. The van der Waals surface area contributed by atoms with Gasteiger partial charge in [-0.25, -0.2) is 13.8 Å². The van der Waals surface area contributed by atoms with E-state index in [-0.39, 0.29) is 10.5 Å². The lowest BCUT2D eigenvalue weighted by molar-refractivity contribution is 0.0955. The second kappa shape index (κ2) is 8.51. The predicted octanol–water partition coefficient (Wildman–Crippen LogP) is 3.23. The molecule has 8 heteroatoms. The average Bonchev–Trinajstić information content (AvgIpc) is 3.31. The minimum atomic E-state index is -3.56. The third kappa shape index (κ3) is 4.43. The van der Waals surface area contributed by atoms with Gasteiger partial charge in [-0.2, -0.15) is 9.41 Å². The Bertz CT molecular complexity index is 1030. The highest BCUT2D eigenvalue weighted by Crippen LogP contribution is 2.22. The van der Waals surface area contributed by atoms with E-state index in [0.29, 0.717) is 19.1 Å². The van der Waals surface area contributed by atoms with E-state index in [1.54, 1.807) is 18.3 Å². The van der Waals surface area contributed by atoms with E-state index in [1.807, 2.05) is 19.9 Å². The number of aromatic nitrogens is 1. The van der Waals surface area contributed by atoms with Crippen LogP contribution < -0.4 is 5.43 Å². The van der Waals surface area contributed by atoms with Crippen LogP contribution in [-0.2, 0) is 10.0 Å². The van der Waals surface area contributed by atoms with Gasteiger partial charge in [-0.1, -0.05) is 6.07 Å². The number of hydrazone groups is 1. The maximum Gasteiger partial charge on any atom is 0.271 e. The van der Waals surface area contributed by atoms with Crippen molar-refractivity contribution >= 4 is 22.1 Å². The predicted molar refractivity (Wildman–Crippen MR) is 114 cm³/mol. The topological polar surface area (TPSA) is 83.8 Å². The maximum atomic E-state index is 12.7. The molecule has 0 aliphatic carbocycles. The van der Waals surface area contributed by atoms with Gasteiger partial charge in [0.1, 0.15) is 0 Å². The van der Waals surface area contributed by atoms with Crippen molar-refractivity contribution in [2.75, 3.05) is 13.1 Å².